The molecule has 0 atom stereocenters. The van der Waals surface area contributed by atoms with Gasteiger partial charge in [-0.1, -0.05) is 12.1 Å². The van der Waals surface area contributed by atoms with Gasteiger partial charge in [0.05, 0.1) is 6.10 Å². The molecule has 0 spiro atoms. The van der Waals surface area contributed by atoms with Crippen molar-refractivity contribution in [3.05, 3.63) is 24.3 Å². The van der Waals surface area contributed by atoms with E-state index in [4.69, 9.17) is 4.74 Å². The van der Waals surface area contributed by atoms with E-state index >= 15 is 0 Å². The van der Waals surface area contributed by atoms with Crippen LogP contribution in [0.2, 0.25) is 0 Å². The Morgan fingerprint density at radius 1 is 1.18 bits per heavy atom. The van der Waals surface area contributed by atoms with Crippen molar-refractivity contribution in [2.24, 2.45) is 0 Å². The van der Waals surface area contributed by atoms with E-state index in [0.717, 1.165) is 5.75 Å². The minimum atomic E-state index is 0.0149. The van der Waals surface area contributed by atoms with Crippen molar-refractivity contribution in [2.45, 2.75) is 20.0 Å². The molecule has 0 saturated heterocycles. The van der Waals surface area contributed by atoms with Gasteiger partial charge in [0, 0.05) is 0 Å². The van der Waals surface area contributed by atoms with Crippen molar-refractivity contribution < 1.29 is 9.84 Å². The lowest BCUT2D eigenvalue weighted by atomic mass is 10.3. The average Bonchev–Trinajstić information content (AvgIpc) is 1.93. The van der Waals surface area contributed by atoms with Crippen molar-refractivity contribution in [3.63, 3.8) is 0 Å². The van der Waals surface area contributed by atoms with Crippen molar-refractivity contribution in [1.82, 2.24) is 0 Å². The molecule has 2 heteroatoms. The summed E-state index contributed by atoms with van der Waals surface area (Å²) in [6, 6.07) is 6.36. The zero-order valence-electron chi connectivity index (χ0n) is 6.70. The zero-order chi connectivity index (χ0) is 8.27. The van der Waals surface area contributed by atoms with E-state index in [1.807, 2.05) is 13.8 Å². The monoisotopic (exact) mass is 151 g/mol. The summed E-state index contributed by atoms with van der Waals surface area (Å²) in [5.74, 6) is 0.765. The van der Waals surface area contributed by atoms with Crippen molar-refractivity contribution in [2.75, 3.05) is 0 Å². The van der Waals surface area contributed by atoms with Gasteiger partial charge in [-0.3, -0.25) is 0 Å². The first-order chi connectivity index (χ1) is 5.18. The van der Waals surface area contributed by atoms with Gasteiger partial charge < -0.3 is 9.84 Å². The van der Waals surface area contributed by atoms with Crippen LogP contribution in [0.4, 0.5) is 0 Å². The molecule has 11 heavy (non-hydrogen) atoms. The first-order valence-corrected chi connectivity index (χ1v) is 3.62. The van der Waals surface area contributed by atoms with E-state index in [-0.39, 0.29) is 11.9 Å². The standard InChI is InChI=1S/C9H12O2/c1-7(2)11-9-5-3-8(10)4-6-9/h3-7,10H,1-2H3/p-1. The van der Waals surface area contributed by atoms with E-state index in [1.165, 1.54) is 12.1 Å². The molecule has 0 aromatic heterocycles. The molecule has 1 aromatic carbocycles. The second-order valence-electron chi connectivity index (χ2n) is 2.64. The van der Waals surface area contributed by atoms with Gasteiger partial charge in [0.25, 0.3) is 0 Å². The number of rotatable bonds is 2. The molecular formula is C9H11O2-. The molecule has 60 valence electrons. The van der Waals surface area contributed by atoms with Crippen LogP contribution in [0, 0.1) is 0 Å². The van der Waals surface area contributed by atoms with Gasteiger partial charge in [0.2, 0.25) is 0 Å². The van der Waals surface area contributed by atoms with Crippen LogP contribution in [0.3, 0.4) is 0 Å². The molecule has 0 heterocycles. The predicted molar refractivity (Wildman–Crippen MR) is 41.7 cm³/mol. The fourth-order valence-corrected chi connectivity index (χ4v) is 0.790. The maximum Gasteiger partial charge on any atom is 0.119 e. The highest BCUT2D eigenvalue weighted by Gasteiger charge is 1.93. The van der Waals surface area contributed by atoms with Crippen LogP contribution in [0.1, 0.15) is 13.8 Å². The minimum absolute atomic E-state index is 0.0149. The summed E-state index contributed by atoms with van der Waals surface area (Å²) >= 11 is 0. The first kappa shape index (κ1) is 7.92. The van der Waals surface area contributed by atoms with Crippen LogP contribution in [0.5, 0.6) is 11.5 Å². The van der Waals surface area contributed by atoms with Crippen LogP contribution >= 0.6 is 0 Å². The maximum atomic E-state index is 10.7. The molecule has 0 N–H and O–H groups in total. The van der Waals surface area contributed by atoms with E-state index in [2.05, 4.69) is 0 Å². The Morgan fingerprint density at radius 3 is 2.18 bits per heavy atom. The summed E-state index contributed by atoms with van der Waals surface area (Å²) in [7, 11) is 0. The molecule has 0 radical (unpaired) electrons. The van der Waals surface area contributed by atoms with Crippen molar-refractivity contribution in [1.29, 1.82) is 0 Å². The SMILES string of the molecule is CC(C)Oc1ccc([O-])cc1. The van der Waals surface area contributed by atoms with Gasteiger partial charge in [-0.15, -0.1) is 5.75 Å². The van der Waals surface area contributed by atoms with Gasteiger partial charge in [-0.2, -0.15) is 0 Å². The summed E-state index contributed by atoms with van der Waals surface area (Å²) in [4.78, 5) is 0. The van der Waals surface area contributed by atoms with Gasteiger partial charge in [-0.25, -0.2) is 0 Å². The zero-order valence-corrected chi connectivity index (χ0v) is 6.70. The van der Waals surface area contributed by atoms with Gasteiger partial charge >= 0.3 is 0 Å². The minimum Gasteiger partial charge on any atom is -0.872 e. The summed E-state index contributed by atoms with van der Waals surface area (Å²) in [5.41, 5.74) is 0. The average molecular weight is 151 g/mol. The predicted octanol–water partition coefficient (Wildman–Crippen LogP) is 1.55. The number of ether oxygens (including phenoxy) is 1. The quantitative estimate of drug-likeness (QED) is 0.642. The Kier molecular flexibility index (Phi) is 2.36. The molecule has 0 unspecified atom stereocenters. The van der Waals surface area contributed by atoms with Crippen LogP contribution < -0.4 is 9.84 Å². The van der Waals surface area contributed by atoms with Crippen LogP contribution in [0.25, 0.3) is 0 Å². The van der Waals surface area contributed by atoms with E-state index in [1.54, 1.807) is 12.1 Å². The Hall–Kier alpha value is -1.18. The molecule has 0 bridgehead atoms. The second-order valence-corrected chi connectivity index (χ2v) is 2.64. The highest BCUT2D eigenvalue weighted by Crippen LogP contribution is 2.14. The Labute approximate surface area is 66.4 Å². The lowest BCUT2D eigenvalue weighted by Gasteiger charge is -2.10. The van der Waals surface area contributed by atoms with E-state index in [0.29, 0.717) is 0 Å². The molecule has 0 fully saturated rings. The van der Waals surface area contributed by atoms with E-state index in [9.17, 15) is 5.11 Å². The van der Waals surface area contributed by atoms with Crippen LogP contribution in [-0.2, 0) is 0 Å². The molecule has 2 nitrogen and oxygen atoms in total. The molecule has 0 aliphatic rings. The maximum absolute atomic E-state index is 10.7. The Bertz CT molecular complexity index is 214. The Morgan fingerprint density at radius 2 is 1.73 bits per heavy atom. The summed E-state index contributed by atoms with van der Waals surface area (Å²) in [5, 5.41) is 10.7. The van der Waals surface area contributed by atoms with Crippen molar-refractivity contribution in [3.8, 4) is 11.5 Å². The molecule has 1 rings (SSSR count). The normalized spacial score (nSPS) is 10.1. The topological polar surface area (TPSA) is 32.3 Å². The summed E-state index contributed by atoms with van der Waals surface area (Å²) in [6.45, 7) is 3.90. The number of benzene rings is 1. The van der Waals surface area contributed by atoms with E-state index < -0.39 is 0 Å². The molecule has 0 aliphatic carbocycles. The molecule has 0 saturated carbocycles. The third-order valence-electron chi connectivity index (χ3n) is 1.20. The lowest BCUT2D eigenvalue weighted by molar-refractivity contribution is -0.268. The highest BCUT2D eigenvalue weighted by atomic mass is 16.5. The summed E-state index contributed by atoms with van der Waals surface area (Å²) < 4.78 is 5.33. The molecule has 0 aliphatic heterocycles. The molecule has 1 aromatic rings. The summed E-state index contributed by atoms with van der Waals surface area (Å²) in [6.07, 6.45) is 0.160. The smallest absolute Gasteiger partial charge is 0.119 e. The highest BCUT2D eigenvalue weighted by molar-refractivity contribution is 5.29. The lowest BCUT2D eigenvalue weighted by Crippen LogP contribution is -2.05. The van der Waals surface area contributed by atoms with Gasteiger partial charge in [0.15, 0.2) is 0 Å². The van der Waals surface area contributed by atoms with Crippen LogP contribution in [-0.4, -0.2) is 6.10 Å². The second kappa shape index (κ2) is 3.28. The number of hydrogen-bond donors (Lipinski definition) is 0. The fourth-order valence-electron chi connectivity index (χ4n) is 0.790. The third-order valence-corrected chi connectivity index (χ3v) is 1.20. The van der Waals surface area contributed by atoms with Gasteiger partial charge in [-0.05, 0) is 26.0 Å². The molecule has 0 amide bonds. The first-order valence-electron chi connectivity index (χ1n) is 3.62. The largest absolute Gasteiger partial charge is 0.872 e. The van der Waals surface area contributed by atoms with Gasteiger partial charge in [0.1, 0.15) is 5.75 Å². The Balaban J connectivity index is 2.66. The molecular weight excluding hydrogens is 140 g/mol. The fraction of sp³-hybridized carbons (Fsp3) is 0.333. The number of hydrogen-bond acceptors (Lipinski definition) is 2. The van der Waals surface area contributed by atoms with Crippen LogP contribution in [0.15, 0.2) is 24.3 Å². The third kappa shape index (κ3) is 2.50. The van der Waals surface area contributed by atoms with Crippen molar-refractivity contribution >= 4 is 0 Å².